The summed E-state index contributed by atoms with van der Waals surface area (Å²) in [5.74, 6) is 14.4. The summed E-state index contributed by atoms with van der Waals surface area (Å²) in [4.78, 5) is 0. The van der Waals surface area contributed by atoms with E-state index in [0.29, 0.717) is 85.8 Å². The summed E-state index contributed by atoms with van der Waals surface area (Å²) in [5, 5.41) is 65.5. The lowest BCUT2D eigenvalue weighted by molar-refractivity contribution is -0.154. The van der Waals surface area contributed by atoms with Crippen LogP contribution in [0.3, 0.4) is 0 Å². The lowest BCUT2D eigenvalue weighted by Crippen LogP contribution is -2.56. The molecule has 0 heterocycles. The lowest BCUT2D eigenvalue weighted by Gasteiger charge is -2.62. The Kier molecular flexibility index (Phi) is 20.3. The molecule has 6 nitrogen and oxygen atoms in total. The Morgan fingerprint density at radius 2 is 0.517 bits per heavy atom. The Balaban J connectivity index is 0.000000144. The SMILES string of the molecule is CC[C@]1(O)CC[C@@]2(C)[C@@H](CC[C@@H]3[C@@H]2CC[C@]2(C)[C@@H]([C@H](C)C(O)C(C)C)CC[C@@H]32)C1.CC[C@]1(O)CC[C@@]2(C)[C@@H](CC[C@@H]3[C@@H]2CC[C@]2(C)[C@@H]([C@H](C)[C@@H](O)C(C)C)CC[C@@H]32)C1.CC[C@]1(O)CC[C@@]2(C)[C@@H](CC[C@@H]3[C@@H]2CC[C@]2(C)[C@@H]([C@H](C)[C@H](O)C(C)C)CC[C@@H]32)C1. The van der Waals surface area contributed by atoms with Crippen LogP contribution in [0.2, 0.25) is 0 Å². The molecule has 12 fully saturated rings. The minimum absolute atomic E-state index is 0.161. The molecule has 504 valence electrons. The van der Waals surface area contributed by atoms with Crippen LogP contribution in [0.25, 0.3) is 0 Å². The van der Waals surface area contributed by atoms with E-state index in [1.807, 2.05) is 0 Å². The second-order valence-corrected chi connectivity index (χ2v) is 38.3. The second kappa shape index (κ2) is 25.4. The molecule has 0 amide bonds. The second-order valence-electron chi connectivity index (χ2n) is 38.3. The van der Waals surface area contributed by atoms with Crippen molar-refractivity contribution in [2.24, 2.45) is 157 Å². The van der Waals surface area contributed by atoms with Gasteiger partial charge < -0.3 is 30.6 Å². The van der Waals surface area contributed by atoms with Gasteiger partial charge in [0.05, 0.1) is 35.1 Å². The van der Waals surface area contributed by atoms with Crippen LogP contribution in [-0.4, -0.2) is 65.8 Å². The largest absolute Gasteiger partial charge is 0.393 e. The molecule has 0 bridgehead atoms. The summed E-state index contributed by atoms with van der Waals surface area (Å²) in [7, 11) is 0. The molecule has 12 saturated carbocycles. The number of rotatable bonds is 12. The van der Waals surface area contributed by atoms with Crippen LogP contribution in [0.5, 0.6) is 0 Å². The molecule has 30 atom stereocenters. The van der Waals surface area contributed by atoms with E-state index in [1.54, 1.807) is 0 Å². The number of hydrogen-bond acceptors (Lipinski definition) is 6. The molecule has 87 heavy (non-hydrogen) atoms. The van der Waals surface area contributed by atoms with Crippen LogP contribution < -0.4 is 0 Å². The maximum absolute atomic E-state index is 11.0. The predicted octanol–water partition coefficient (Wildman–Crippen LogP) is 19.3. The molecule has 12 aliphatic carbocycles. The molecule has 6 heteroatoms. The monoisotopic (exact) mass is 1210 g/mol. The van der Waals surface area contributed by atoms with Gasteiger partial charge in [-0.3, -0.25) is 0 Å². The van der Waals surface area contributed by atoms with Crippen molar-refractivity contribution in [3.05, 3.63) is 0 Å². The molecular formula is C81H144O6. The van der Waals surface area contributed by atoms with Crippen LogP contribution in [0.15, 0.2) is 0 Å². The van der Waals surface area contributed by atoms with Crippen LogP contribution in [-0.2, 0) is 0 Å². The molecule has 12 aliphatic rings. The van der Waals surface area contributed by atoms with Gasteiger partial charge in [-0.25, -0.2) is 0 Å². The average molecular weight is 1210 g/mol. The van der Waals surface area contributed by atoms with Crippen molar-refractivity contribution in [1.29, 1.82) is 0 Å². The van der Waals surface area contributed by atoms with Crippen LogP contribution in [0.1, 0.15) is 317 Å². The third kappa shape index (κ3) is 11.9. The third-order valence-electron chi connectivity index (χ3n) is 34.2. The number of aliphatic hydroxyl groups excluding tert-OH is 3. The predicted molar refractivity (Wildman–Crippen MR) is 361 cm³/mol. The van der Waals surface area contributed by atoms with Gasteiger partial charge in [0.25, 0.3) is 0 Å². The summed E-state index contributed by atoms with van der Waals surface area (Å²) >= 11 is 0. The highest BCUT2D eigenvalue weighted by Gasteiger charge is 2.66. The quantitative estimate of drug-likeness (QED) is 0.116. The Bertz CT molecular complexity index is 2050. The van der Waals surface area contributed by atoms with E-state index in [-0.39, 0.29) is 35.1 Å². The first-order valence-corrected chi connectivity index (χ1v) is 38.9. The fourth-order valence-corrected chi connectivity index (χ4v) is 28.2. The first-order valence-electron chi connectivity index (χ1n) is 38.9. The Labute approximate surface area is 537 Å². The zero-order valence-electron chi connectivity index (χ0n) is 60.3. The first kappa shape index (κ1) is 69.6. The molecule has 6 N–H and O–H groups in total. The summed E-state index contributed by atoms with van der Waals surface area (Å²) < 4.78 is 0. The van der Waals surface area contributed by atoms with E-state index in [9.17, 15) is 30.6 Å². The van der Waals surface area contributed by atoms with E-state index in [2.05, 4.69) is 125 Å². The zero-order chi connectivity index (χ0) is 63.6. The van der Waals surface area contributed by atoms with Gasteiger partial charge in [-0.15, -0.1) is 0 Å². The maximum Gasteiger partial charge on any atom is 0.0648 e. The zero-order valence-corrected chi connectivity index (χ0v) is 60.3. The molecule has 0 aliphatic heterocycles. The van der Waals surface area contributed by atoms with Crippen molar-refractivity contribution in [3.8, 4) is 0 Å². The van der Waals surface area contributed by atoms with Crippen LogP contribution in [0.4, 0.5) is 0 Å². The normalized spacial score (nSPS) is 51.8. The van der Waals surface area contributed by atoms with Gasteiger partial charge in [0.2, 0.25) is 0 Å². The van der Waals surface area contributed by atoms with Crippen LogP contribution >= 0.6 is 0 Å². The topological polar surface area (TPSA) is 121 Å². The van der Waals surface area contributed by atoms with Gasteiger partial charge in [-0.05, 0) is 349 Å². The van der Waals surface area contributed by atoms with Crippen molar-refractivity contribution in [3.63, 3.8) is 0 Å². The molecule has 0 spiro atoms. The molecule has 0 aromatic carbocycles. The number of fused-ring (bicyclic) bond motifs is 15. The molecule has 0 aromatic heterocycles. The fourth-order valence-electron chi connectivity index (χ4n) is 28.2. The van der Waals surface area contributed by atoms with Gasteiger partial charge in [0.15, 0.2) is 0 Å². The molecular weight excluding hydrogens is 1070 g/mol. The Morgan fingerprint density at radius 1 is 0.287 bits per heavy atom. The van der Waals surface area contributed by atoms with E-state index in [1.165, 1.54) is 135 Å². The highest BCUT2D eigenvalue weighted by molar-refractivity contribution is 5.15. The van der Waals surface area contributed by atoms with Crippen molar-refractivity contribution in [1.82, 2.24) is 0 Å². The minimum atomic E-state index is -0.388. The van der Waals surface area contributed by atoms with E-state index in [4.69, 9.17) is 0 Å². The standard InChI is InChI=1S/3C27H48O2/c3*1-7-27(29)15-14-25(5)19(16-27)8-9-20-22-11-10-21(18(4)24(28)17(2)3)26(22,6)13-12-23(20)25/h3*17-24,28-29H,7-16H2,1-6H3/t18-,19-,20-,21+,22-,23-,24?,25-,26+,27-;18-,19-,20-,21+,22-,23-,24+,25-,26+,27-;18-,19-,20-,21+,22-,23-,24-,25-,26+,27-/m000/s1. The average Bonchev–Trinajstić information content (AvgIpc) is 1.74. The molecule has 1 unspecified atom stereocenters. The minimum Gasteiger partial charge on any atom is -0.393 e. The highest BCUT2D eigenvalue weighted by Crippen LogP contribution is 2.73. The smallest absolute Gasteiger partial charge is 0.0648 e. The van der Waals surface area contributed by atoms with Gasteiger partial charge in [-0.2, -0.15) is 0 Å². The van der Waals surface area contributed by atoms with E-state index >= 15 is 0 Å². The molecule has 0 saturated heterocycles. The number of aliphatic hydroxyl groups is 6. The van der Waals surface area contributed by atoms with Gasteiger partial charge in [0.1, 0.15) is 0 Å². The maximum atomic E-state index is 11.0. The molecule has 12 rings (SSSR count). The van der Waals surface area contributed by atoms with Gasteiger partial charge in [0, 0.05) is 0 Å². The lowest BCUT2D eigenvalue weighted by atomic mass is 9.43. The van der Waals surface area contributed by atoms with Crippen molar-refractivity contribution < 1.29 is 30.6 Å². The summed E-state index contributed by atoms with van der Waals surface area (Å²) in [6, 6.07) is 0. The molecule has 0 radical (unpaired) electrons. The van der Waals surface area contributed by atoms with Crippen LogP contribution in [0, 0.1) is 157 Å². The summed E-state index contributed by atoms with van der Waals surface area (Å²) in [5.41, 5.74) is 1.48. The van der Waals surface area contributed by atoms with Crippen molar-refractivity contribution in [2.75, 3.05) is 0 Å². The van der Waals surface area contributed by atoms with Gasteiger partial charge >= 0.3 is 0 Å². The Morgan fingerprint density at radius 3 is 0.736 bits per heavy atom. The number of hydrogen-bond donors (Lipinski definition) is 6. The fraction of sp³-hybridized carbons (Fsp3) is 1.00. The Hall–Kier alpha value is -0.240. The summed E-state index contributed by atoms with van der Waals surface area (Å²) in [6.45, 7) is 42.2. The van der Waals surface area contributed by atoms with E-state index in [0.717, 1.165) is 129 Å². The van der Waals surface area contributed by atoms with Crippen molar-refractivity contribution in [2.45, 2.75) is 352 Å². The summed E-state index contributed by atoms with van der Waals surface area (Å²) in [6.07, 6.45) is 36.7. The van der Waals surface area contributed by atoms with Crippen molar-refractivity contribution >= 4 is 0 Å². The molecule has 0 aromatic rings. The first-order chi connectivity index (χ1) is 40.7. The van der Waals surface area contributed by atoms with Gasteiger partial charge in [-0.1, -0.05) is 125 Å². The third-order valence-corrected chi connectivity index (χ3v) is 34.2. The highest BCUT2D eigenvalue weighted by atomic mass is 16.3. The van der Waals surface area contributed by atoms with E-state index < -0.39 is 0 Å².